The average Bonchev–Trinajstić information content (AvgIpc) is 3.53. The zero-order valence-corrected chi connectivity index (χ0v) is 29.3. The molecular formula is C38H26F12N2O6. The van der Waals surface area contributed by atoms with Crippen LogP contribution in [0.2, 0.25) is 0 Å². The molecule has 58 heavy (non-hydrogen) atoms. The summed E-state index contributed by atoms with van der Waals surface area (Å²) in [5, 5.41) is 10.4. The van der Waals surface area contributed by atoms with Gasteiger partial charge in [0.1, 0.15) is 0 Å². The molecule has 2 aliphatic carbocycles. The van der Waals surface area contributed by atoms with E-state index < -0.39 is 130 Å². The number of aromatic hydroxyl groups is 1. The summed E-state index contributed by atoms with van der Waals surface area (Å²) >= 11 is 0. The number of carbonyl (C=O) groups is 4. The van der Waals surface area contributed by atoms with Gasteiger partial charge in [0, 0.05) is 5.92 Å². The minimum absolute atomic E-state index is 0.00310. The van der Waals surface area contributed by atoms with E-state index in [0.29, 0.717) is 0 Å². The van der Waals surface area contributed by atoms with Crippen molar-refractivity contribution >= 4 is 35.0 Å². The molecule has 6 unspecified atom stereocenters. The molecule has 0 radical (unpaired) electrons. The van der Waals surface area contributed by atoms with Crippen molar-refractivity contribution in [3.8, 4) is 11.5 Å². The van der Waals surface area contributed by atoms with E-state index in [-0.39, 0.29) is 76.1 Å². The van der Waals surface area contributed by atoms with Crippen molar-refractivity contribution in [2.75, 3.05) is 16.4 Å². The first kappa shape index (κ1) is 40.6. The Balaban J connectivity index is 1.36. The van der Waals surface area contributed by atoms with E-state index in [4.69, 9.17) is 4.74 Å². The SMILES string of the molecule is CCOc1cc(C2C3=CCC4C(=O)N(c5cc(C(F)(F)F)cc(C(F)(F)F)c5)C(=O)C4C3CC3C(=O)N(c4cc(C(F)(F)F)cc(C(F)(F)F)c4)C(=O)C32)ccc1O. The number of ether oxygens (including phenoxy) is 1. The number of phenolic OH excluding ortho intramolecular Hbond substituents is 1. The predicted molar refractivity (Wildman–Crippen MR) is 175 cm³/mol. The number of phenols is 1. The molecule has 0 bridgehead atoms. The number of hydrogen-bond donors (Lipinski definition) is 1. The summed E-state index contributed by atoms with van der Waals surface area (Å²) in [6.07, 6.45) is -20.9. The van der Waals surface area contributed by atoms with Crippen LogP contribution in [0.5, 0.6) is 11.5 Å². The molecule has 4 aliphatic rings. The maximum absolute atomic E-state index is 14.3. The summed E-state index contributed by atoms with van der Waals surface area (Å²) in [6.45, 7) is 1.56. The van der Waals surface area contributed by atoms with Crippen LogP contribution in [0, 0.1) is 29.6 Å². The van der Waals surface area contributed by atoms with E-state index in [0.717, 1.165) is 6.07 Å². The second-order valence-corrected chi connectivity index (χ2v) is 14.2. The summed E-state index contributed by atoms with van der Waals surface area (Å²) in [5.74, 6) is -14.1. The van der Waals surface area contributed by atoms with E-state index in [1.54, 1.807) is 6.92 Å². The fourth-order valence-electron chi connectivity index (χ4n) is 8.60. The molecule has 3 aromatic rings. The number of benzene rings is 3. The van der Waals surface area contributed by atoms with Gasteiger partial charge in [0.05, 0.1) is 63.9 Å². The van der Waals surface area contributed by atoms with Gasteiger partial charge < -0.3 is 9.84 Å². The number of nitrogens with zero attached hydrogens (tertiary/aromatic N) is 2. The van der Waals surface area contributed by atoms with Gasteiger partial charge in [0.15, 0.2) is 11.5 Å². The third kappa shape index (κ3) is 6.72. The quantitative estimate of drug-likeness (QED) is 0.157. The first-order chi connectivity index (χ1) is 26.8. The van der Waals surface area contributed by atoms with E-state index in [1.807, 2.05) is 0 Å². The summed E-state index contributed by atoms with van der Waals surface area (Å²) in [5.41, 5.74) is -9.10. The van der Waals surface area contributed by atoms with Crippen molar-refractivity contribution < 1.29 is 81.7 Å². The number of amides is 4. The number of anilines is 2. The minimum atomic E-state index is -5.37. The number of halogens is 12. The van der Waals surface area contributed by atoms with Crippen LogP contribution in [0.25, 0.3) is 0 Å². The largest absolute Gasteiger partial charge is 0.504 e. The molecule has 8 nitrogen and oxygen atoms in total. The molecule has 1 saturated carbocycles. The van der Waals surface area contributed by atoms with Crippen LogP contribution in [0.3, 0.4) is 0 Å². The molecule has 3 aromatic carbocycles. The Labute approximate surface area is 318 Å². The Bertz CT molecular complexity index is 2210. The van der Waals surface area contributed by atoms with E-state index in [1.165, 1.54) is 18.2 Å². The molecule has 1 N–H and O–H groups in total. The number of imide groups is 2. The van der Waals surface area contributed by atoms with Crippen LogP contribution in [0.15, 0.2) is 66.2 Å². The van der Waals surface area contributed by atoms with Crippen LogP contribution in [-0.4, -0.2) is 35.3 Å². The van der Waals surface area contributed by atoms with E-state index in [2.05, 4.69) is 0 Å². The topological polar surface area (TPSA) is 104 Å². The second-order valence-electron chi connectivity index (χ2n) is 14.2. The summed E-state index contributed by atoms with van der Waals surface area (Å²) in [4.78, 5) is 57.0. The monoisotopic (exact) mass is 834 g/mol. The average molecular weight is 835 g/mol. The zero-order chi connectivity index (χ0) is 42.6. The molecule has 2 saturated heterocycles. The van der Waals surface area contributed by atoms with Gasteiger partial charge in [0.2, 0.25) is 23.6 Å². The van der Waals surface area contributed by atoms with Gasteiger partial charge in [-0.2, -0.15) is 52.7 Å². The molecule has 7 rings (SSSR count). The maximum Gasteiger partial charge on any atom is 0.416 e. The lowest BCUT2D eigenvalue weighted by Gasteiger charge is -2.44. The molecule has 6 atom stereocenters. The summed E-state index contributed by atoms with van der Waals surface area (Å²) < 4.78 is 171. The number of carbonyl (C=O) groups excluding carboxylic acids is 4. The van der Waals surface area contributed by atoms with Crippen molar-refractivity contribution in [1.82, 2.24) is 0 Å². The fraction of sp³-hybridized carbons (Fsp3) is 0.368. The number of alkyl halides is 12. The lowest BCUT2D eigenvalue weighted by molar-refractivity contribution is -0.144. The standard InChI is InChI=1S/C38H26F12N2O6/c1-2-58-27-7-15(3-6-26(27)53)28-22-4-5-23-29(33(56)51(31(23)54)20-10-16(35(39,40)41)8-17(11-20)36(42,43)44)24(22)14-25-30(28)34(57)52(32(25)55)21-12-18(37(45,46)47)9-19(13-21)38(48,49)50/h3-4,6-13,23-25,28-30,53H,2,5,14H2,1H3. The Morgan fingerprint density at radius 2 is 1.05 bits per heavy atom. The van der Waals surface area contributed by atoms with E-state index in [9.17, 15) is 77.0 Å². The molecular weight excluding hydrogens is 808 g/mol. The Morgan fingerprint density at radius 3 is 1.50 bits per heavy atom. The van der Waals surface area contributed by atoms with Crippen LogP contribution < -0.4 is 14.5 Å². The number of rotatable bonds is 5. The Morgan fingerprint density at radius 1 is 0.603 bits per heavy atom. The van der Waals surface area contributed by atoms with Crippen LogP contribution in [-0.2, 0) is 43.9 Å². The number of allylic oxidation sites excluding steroid dienone is 2. The van der Waals surface area contributed by atoms with Gasteiger partial charge in [-0.05, 0) is 79.8 Å². The van der Waals surface area contributed by atoms with Gasteiger partial charge >= 0.3 is 24.7 Å². The minimum Gasteiger partial charge on any atom is -0.504 e. The summed E-state index contributed by atoms with van der Waals surface area (Å²) in [6, 6.07) is 4.07. The Kier molecular flexibility index (Phi) is 9.46. The van der Waals surface area contributed by atoms with Crippen LogP contribution in [0.1, 0.15) is 53.5 Å². The van der Waals surface area contributed by atoms with Crippen molar-refractivity contribution in [2.24, 2.45) is 29.6 Å². The third-order valence-corrected chi connectivity index (χ3v) is 11.0. The fourth-order valence-corrected chi connectivity index (χ4v) is 8.60. The van der Waals surface area contributed by atoms with Crippen molar-refractivity contribution in [3.63, 3.8) is 0 Å². The lowest BCUT2D eigenvalue weighted by atomic mass is 9.57. The molecule has 4 amide bonds. The highest BCUT2D eigenvalue weighted by atomic mass is 19.4. The van der Waals surface area contributed by atoms with Gasteiger partial charge in [-0.25, -0.2) is 9.80 Å². The molecule has 0 aromatic heterocycles. The highest BCUT2D eigenvalue weighted by Crippen LogP contribution is 2.59. The van der Waals surface area contributed by atoms with Gasteiger partial charge in [-0.15, -0.1) is 0 Å². The van der Waals surface area contributed by atoms with Gasteiger partial charge in [0.25, 0.3) is 0 Å². The normalized spacial score (nSPS) is 25.2. The molecule has 20 heteroatoms. The highest BCUT2D eigenvalue weighted by molar-refractivity contribution is 6.24. The van der Waals surface area contributed by atoms with Gasteiger partial charge in [-0.3, -0.25) is 19.2 Å². The molecule has 2 aliphatic heterocycles. The van der Waals surface area contributed by atoms with Crippen LogP contribution in [0.4, 0.5) is 64.1 Å². The van der Waals surface area contributed by atoms with Crippen LogP contribution >= 0.6 is 0 Å². The van der Waals surface area contributed by atoms with Crippen molar-refractivity contribution in [1.29, 1.82) is 0 Å². The Hall–Kier alpha value is -5.56. The number of hydrogen-bond acceptors (Lipinski definition) is 6. The van der Waals surface area contributed by atoms with Crippen molar-refractivity contribution in [2.45, 2.75) is 50.4 Å². The third-order valence-electron chi connectivity index (χ3n) is 11.0. The molecule has 2 heterocycles. The lowest BCUT2D eigenvalue weighted by Crippen LogP contribution is -2.43. The van der Waals surface area contributed by atoms with Gasteiger partial charge in [-0.1, -0.05) is 17.7 Å². The molecule has 0 spiro atoms. The van der Waals surface area contributed by atoms with Crippen molar-refractivity contribution in [3.05, 3.63) is 94.1 Å². The predicted octanol–water partition coefficient (Wildman–Crippen LogP) is 8.91. The van der Waals surface area contributed by atoms with E-state index >= 15 is 0 Å². The molecule has 308 valence electrons. The molecule has 3 fully saturated rings. The summed E-state index contributed by atoms with van der Waals surface area (Å²) in [7, 11) is 0. The second kappa shape index (κ2) is 13.5. The maximum atomic E-state index is 14.3. The highest BCUT2D eigenvalue weighted by Gasteiger charge is 2.63. The smallest absolute Gasteiger partial charge is 0.416 e. The number of fused-ring (bicyclic) bond motifs is 4. The first-order valence-corrected chi connectivity index (χ1v) is 17.3. The first-order valence-electron chi connectivity index (χ1n) is 17.3. The zero-order valence-electron chi connectivity index (χ0n) is 29.3.